The molecule has 2 amide bonds. The largest absolute Gasteiger partial charge is 0.395 e. The van der Waals surface area contributed by atoms with E-state index in [4.69, 9.17) is 5.11 Å². The van der Waals surface area contributed by atoms with Crippen molar-refractivity contribution in [1.82, 2.24) is 10.6 Å². The molecule has 0 atom stereocenters. The number of hydrogen-bond acceptors (Lipinski definition) is 2. The molecule has 0 aromatic heterocycles. The minimum atomic E-state index is -0.844. The molecule has 132 valence electrons. The van der Waals surface area contributed by atoms with Crippen LogP contribution in [-0.2, 0) is 5.54 Å². The average Bonchev–Trinajstić information content (AvgIpc) is 2.72. The predicted molar refractivity (Wildman–Crippen MR) is 103 cm³/mol. The van der Waals surface area contributed by atoms with E-state index in [0.29, 0.717) is 0 Å². The summed E-state index contributed by atoms with van der Waals surface area (Å²) in [7, 11) is 0. The number of carbonyl (C=O) groups is 1. The highest BCUT2D eigenvalue weighted by atomic mass is 16.3. The van der Waals surface area contributed by atoms with Crippen molar-refractivity contribution < 1.29 is 9.90 Å². The lowest BCUT2D eigenvalue weighted by Crippen LogP contribution is -2.51. The molecule has 0 aliphatic rings. The number of aliphatic hydroxyl groups is 1. The van der Waals surface area contributed by atoms with Crippen LogP contribution >= 0.6 is 0 Å². The fourth-order valence-corrected chi connectivity index (χ4v) is 3.16. The van der Waals surface area contributed by atoms with Gasteiger partial charge < -0.3 is 15.7 Å². The van der Waals surface area contributed by atoms with Crippen molar-refractivity contribution in [3.05, 3.63) is 108 Å². The molecule has 26 heavy (non-hydrogen) atoms. The molecule has 0 saturated carbocycles. The van der Waals surface area contributed by atoms with Gasteiger partial charge in [-0.3, -0.25) is 0 Å². The van der Waals surface area contributed by atoms with Crippen LogP contribution in [0.1, 0.15) is 16.7 Å². The normalized spacial score (nSPS) is 11.0. The molecule has 0 aliphatic heterocycles. The van der Waals surface area contributed by atoms with Gasteiger partial charge in [-0.1, -0.05) is 91.0 Å². The van der Waals surface area contributed by atoms with Crippen LogP contribution in [0.15, 0.2) is 91.0 Å². The lowest BCUT2D eigenvalue weighted by molar-refractivity contribution is 0.228. The molecule has 3 rings (SSSR count). The van der Waals surface area contributed by atoms with E-state index >= 15 is 0 Å². The second-order valence-corrected chi connectivity index (χ2v) is 5.95. The fraction of sp³-hybridized carbons (Fsp3) is 0.136. The minimum absolute atomic E-state index is 0.109. The van der Waals surface area contributed by atoms with Crippen molar-refractivity contribution in [2.24, 2.45) is 0 Å². The van der Waals surface area contributed by atoms with E-state index < -0.39 is 5.54 Å². The maximum Gasteiger partial charge on any atom is 0.316 e. The third-order valence-corrected chi connectivity index (χ3v) is 4.32. The number of carbonyl (C=O) groups excluding carboxylic acids is 1. The zero-order chi connectivity index (χ0) is 18.2. The SMILES string of the molecule is O=C(NCCO)NC(c1ccccc1)(c1ccccc1)c1ccccc1. The van der Waals surface area contributed by atoms with Gasteiger partial charge in [-0.15, -0.1) is 0 Å². The number of nitrogens with one attached hydrogen (secondary N) is 2. The highest BCUT2D eigenvalue weighted by Gasteiger charge is 2.37. The van der Waals surface area contributed by atoms with Crippen LogP contribution in [0.5, 0.6) is 0 Å². The topological polar surface area (TPSA) is 61.4 Å². The summed E-state index contributed by atoms with van der Waals surface area (Å²) in [6.07, 6.45) is 0. The van der Waals surface area contributed by atoms with Crippen molar-refractivity contribution in [1.29, 1.82) is 0 Å². The molecule has 0 saturated heterocycles. The minimum Gasteiger partial charge on any atom is -0.395 e. The highest BCUT2D eigenvalue weighted by Crippen LogP contribution is 2.36. The molecule has 0 heterocycles. The zero-order valence-corrected chi connectivity index (χ0v) is 14.4. The maximum absolute atomic E-state index is 12.6. The molecular formula is C22H22N2O2. The summed E-state index contributed by atoms with van der Waals surface area (Å²) in [4.78, 5) is 12.6. The molecule has 0 spiro atoms. The molecule has 4 nitrogen and oxygen atoms in total. The van der Waals surface area contributed by atoms with Crippen LogP contribution in [-0.4, -0.2) is 24.3 Å². The van der Waals surface area contributed by atoms with E-state index in [1.54, 1.807) is 0 Å². The lowest BCUT2D eigenvalue weighted by Gasteiger charge is -2.36. The van der Waals surface area contributed by atoms with Crippen LogP contribution < -0.4 is 10.6 Å². The first-order chi connectivity index (χ1) is 12.8. The Morgan fingerprint density at radius 3 is 1.46 bits per heavy atom. The smallest absolute Gasteiger partial charge is 0.316 e. The van der Waals surface area contributed by atoms with Crippen LogP contribution in [0.3, 0.4) is 0 Å². The molecule has 0 fully saturated rings. The molecule has 0 unspecified atom stereocenters. The van der Waals surface area contributed by atoms with Crippen molar-refractivity contribution in [3.63, 3.8) is 0 Å². The molecule has 3 aromatic rings. The van der Waals surface area contributed by atoms with Crippen LogP contribution in [0.25, 0.3) is 0 Å². The summed E-state index contributed by atoms with van der Waals surface area (Å²) >= 11 is 0. The Bertz CT molecular complexity index is 724. The molecule has 3 aromatic carbocycles. The third kappa shape index (κ3) is 3.60. The Morgan fingerprint density at radius 1 is 0.731 bits per heavy atom. The number of rotatable bonds is 6. The Labute approximate surface area is 153 Å². The Balaban J connectivity index is 2.19. The molecule has 3 N–H and O–H groups in total. The van der Waals surface area contributed by atoms with E-state index in [2.05, 4.69) is 10.6 Å². The van der Waals surface area contributed by atoms with E-state index in [9.17, 15) is 4.79 Å². The average molecular weight is 346 g/mol. The van der Waals surface area contributed by atoms with Crippen molar-refractivity contribution >= 4 is 6.03 Å². The molecule has 0 bridgehead atoms. The summed E-state index contributed by atoms with van der Waals surface area (Å²) in [5, 5.41) is 14.9. The highest BCUT2D eigenvalue weighted by molar-refractivity contribution is 5.77. The van der Waals surface area contributed by atoms with E-state index in [-0.39, 0.29) is 19.2 Å². The lowest BCUT2D eigenvalue weighted by atomic mass is 9.77. The first kappa shape index (κ1) is 17.7. The van der Waals surface area contributed by atoms with Gasteiger partial charge in [0.15, 0.2) is 0 Å². The van der Waals surface area contributed by atoms with Gasteiger partial charge in [-0.05, 0) is 16.7 Å². The van der Waals surface area contributed by atoms with Gasteiger partial charge in [0.25, 0.3) is 0 Å². The Morgan fingerprint density at radius 2 is 1.12 bits per heavy atom. The van der Waals surface area contributed by atoms with Gasteiger partial charge in [0.2, 0.25) is 0 Å². The Kier molecular flexibility index (Phi) is 5.66. The van der Waals surface area contributed by atoms with Crippen LogP contribution in [0.4, 0.5) is 4.79 Å². The van der Waals surface area contributed by atoms with Crippen LogP contribution in [0, 0.1) is 0 Å². The van der Waals surface area contributed by atoms with E-state index in [0.717, 1.165) is 16.7 Å². The van der Waals surface area contributed by atoms with Crippen molar-refractivity contribution in [2.75, 3.05) is 13.2 Å². The van der Waals surface area contributed by atoms with Gasteiger partial charge in [0.05, 0.1) is 6.61 Å². The van der Waals surface area contributed by atoms with Crippen LogP contribution in [0.2, 0.25) is 0 Å². The van der Waals surface area contributed by atoms with E-state index in [1.165, 1.54) is 0 Å². The monoisotopic (exact) mass is 346 g/mol. The molecule has 4 heteroatoms. The van der Waals surface area contributed by atoms with Crippen molar-refractivity contribution in [2.45, 2.75) is 5.54 Å². The number of hydrogen-bond donors (Lipinski definition) is 3. The van der Waals surface area contributed by atoms with Crippen molar-refractivity contribution in [3.8, 4) is 0 Å². The molecule has 0 radical (unpaired) electrons. The molecule has 0 aliphatic carbocycles. The Hall–Kier alpha value is -3.11. The standard InChI is InChI=1S/C22H22N2O2/c25-17-16-23-21(26)24-22(18-10-4-1-5-11-18,19-12-6-2-7-13-19)20-14-8-3-9-15-20/h1-15,25H,16-17H2,(H2,23,24,26). The second-order valence-electron chi connectivity index (χ2n) is 5.95. The first-order valence-corrected chi connectivity index (χ1v) is 8.61. The summed E-state index contributed by atoms with van der Waals surface area (Å²) < 4.78 is 0. The first-order valence-electron chi connectivity index (χ1n) is 8.61. The van der Waals surface area contributed by atoms with E-state index in [1.807, 2.05) is 91.0 Å². The molecular weight excluding hydrogens is 324 g/mol. The summed E-state index contributed by atoms with van der Waals surface area (Å²) in [6, 6.07) is 29.3. The third-order valence-electron chi connectivity index (χ3n) is 4.32. The van der Waals surface area contributed by atoms with Gasteiger partial charge in [0, 0.05) is 6.54 Å². The number of benzene rings is 3. The van der Waals surface area contributed by atoms with Gasteiger partial charge >= 0.3 is 6.03 Å². The van der Waals surface area contributed by atoms with Gasteiger partial charge in [-0.25, -0.2) is 4.79 Å². The zero-order valence-electron chi connectivity index (χ0n) is 14.4. The number of amides is 2. The number of urea groups is 1. The summed E-state index contributed by atoms with van der Waals surface area (Å²) in [5.74, 6) is 0. The summed E-state index contributed by atoms with van der Waals surface area (Å²) in [6.45, 7) is 0.0860. The van der Waals surface area contributed by atoms with Gasteiger partial charge in [-0.2, -0.15) is 0 Å². The second kappa shape index (κ2) is 8.32. The maximum atomic E-state index is 12.6. The fourth-order valence-electron chi connectivity index (χ4n) is 3.16. The quantitative estimate of drug-likeness (QED) is 0.600. The van der Waals surface area contributed by atoms with Gasteiger partial charge in [0.1, 0.15) is 5.54 Å². The summed E-state index contributed by atoms with van der Waals surface area (Å²) in [5.41, 5.74) is 2.02. The predicted octanol–water partition coefficient (Wildman–Crippen LogP) is 3.27. The number of aliphatic hydroxyl groups excluding tert-OH is 1.